The maximum Gasteiger partial charge on any atom is 4.00 e. The van der Waals surface area contributed by atoms with Crippen molar-refractivity contribution >= 4 is 31.3 Å². The molecule has 0 N–H and O–H groups in total. The van der Waals surface area contributed by atoms with E-state index in [1.54, 1.807) is 0 Å². The summed E-state index contributed by atoms with van der Waals surface area (Å²) in [5.74, 6) is 0. The SMILES string of the molecule is CCOP(=O)(OCC)OP(=O)([O-])OP(=O)([O-])OP(=O)([O-])[O-].[Ti+4]. The summed E-state index contributed by atoms with van der Waals surface area (Å²) in [5, 5.41) is 0. The van der Waals surface area contributed by atoms with Crippen molar-refractivity contribution in [1.29, 1.82) is 0 Å². The van der Waals surface area contributed by atoms with Crippen LogP contribution in [0, 0.1) is 0 Å². The molecule has 0 saturated carbocycles. The predicted molar refractivity (Wildman–Crippen MR) is 56.9 cm³/mol. The minimum absolute atomic E-state index is 0. The van der Waals surface area contributed by atoms with E-state index in [1.807, 2.05) is 0 Å². The molecule has 0 saturated heterocycles. The van der Waals surface area contributed by atoms with Gasteiger partial charge < -0.3 is 24.1 Å². The Labute approximate surface area is 140 Å². The molecule has 0 aromatic heterocycles. The summed E-state index contributed by atoms with van der Waals surface area (Å²) < 4.78 is 62.5. The van der Waals surface area contributed by atoms with Crippen LogP contribution in [0.4, 0.5) is 0 Å². The Morgan fingerprint density at radius 3 is 1.41 bits per heavy atom. The van der Waals surface area contributed by atoms with E-state index >= 15 is 0 Å². The summed E-state index contributed by atoms with van der Waals surface area (Å²) in [4.78, 5) is 42.2. The van der Waals surface area contributed by atoms with Gasteiger partial charge in [0.25, 0.3) is 15.6 Å². The van der Waals surface area contributed by atoms with Gasteiger partial charge in [-0.3, -0.25) is 22.5 Å². The van der Waals surface area contributed by atoms with Crippen LogP contribution >= 0.6 is 31.3 Å². The van der Waals surface area contributed by atoms with E-state index in [0.29, 0.717) is 0 Å². The fourth-order valence-corrected chi connectivity index (χ4v) is 5.60. The minimum atomic E-state index is -6.13. The molecule has 0 fully saturated rings. The Bertz CT molecular complexity index is 516. The average molecular weight is 438 g/mol. The van der Waals surface area contributed by atoms with Crippen LogP contribution in [0.3, 0.4) is 0 Å². The molecule has 0 heterocycles. The first-order chi connectivity index (χ1) is 9.24. The first-order valence-corrected chi connectivity index (χ1v) is 10.8. The van der Waals surface area contributed by atoms with Crippen molar-refractivity contribution in [2.75, 3.05) is 13.2 Å². The third-order valence-corrected chi connectivity index (χ3v) is 7.12. The molecule has 128 valence electrons. The molecule has 0 bridgehead atoms. The van der Waals surface area contributed by atoms with Gasteiger partial charge in [0.1, 0.15) is 0 Å². The zero-order chi connectivity index (χ0) is 16.9. The van der Waals surface area contributed by atoms with Crippen LogP contribution < -0.4 is 19.6 Å². The molecule has 0 amide bonds. The molecule has 0 rings (SSSR count). The summed E-state index contributed by atoms with van der Waals surface area (Å²) in [6.07, 6.45) is 0. The third kappa shape index (κ3) is 11.8. The van der Waals surface area contributed by atoms with Gasteiger partial charge in [0.2, 0.25) is 0 Å². The van der Waals surface area contributed by atoms with E-state index < -0.39 is 31.3 Å². The molecule has 0 aliphatic heterocycles. The molecule has 0 aliphatic rings. The Hall–Kier alpha value is 1.27. The fraction of sp³-hybridized carbons (Fsp3) is 1.00. The second kappa shape index (κ2) is 9.68. The van der Waals surface area contributed by atoms with Crippen molar-refractivity contribution in [3.63, 3.8) is 0 Å². The summed E-state index contributed by atoms with van der Waals surface area (Å²) in [7, 11) is -22.9. The van der Waals surface area contributed by atoms with Gasteiger partial charge in [-0.2, -0.15) is 0 Å². The van der Waals surface area contributed by atoms with E-state index in [9.17, 15) is 37.8 Å². The van der Waals surface area contributed by atoms with Gasteiger partial charge in [0, 0.05) is 0 Å². The molecule has 0 aliphatic carbocycles. The third-order valence-electron chi connectivity index (χ3n) is 1.17. The van der Waals surface area contributed by atoms with Crippen LogP contribution in [-0.4, -0.2) is 13.2 Å². The largest absolute Gasteiger partial charge is 4.00 e. The zero-order valence-corrected chi connectivity index (χ0v) is 16.1. The maximum absolute atomic E-state index is 11.7. The normalized spacial score (nSPS) is 18.1. The number of hydrogen-bond acceptors (Lipinski definition) is 13. The van der Waals surface area contributed by atoms with Crippen molar-refractivity contribution in [2.24, 2.45) is 0 Å². The Morgan fingerprint density at radius 1 is 0.727 bits per heavy atom. The van der Waals surface area contributed by atoms with E-state index in [1.165, 1.54) is 13.8 Å². The maximum atomic E-state index is 11.7. The molecule has 13 nitrogen and oxygen atoms in total. The van der Waals surface area contributed by atoms with Gasteiger partial charge in [-0.25, -0.2) is 13.2 Å². The second-order valence-corrected chi connectivity index (χ2v) is 8.92. The van der Waals surface area contributed by atoms with Crippen LogP contribution in [0.5, 0.6) is 0 Å². The topological polar surface area (TPSA) is 207 Å². The van der Waals surface area contributed by atoms with Crippen LogP contribution in [-0.2, 0) is 62.0 Å². The molecule has 0 aromatic carbocycles. The zero-order valence-electron chi connectivity index (χ0n) is 11.0. The van der Waals surface area contributed by atoms with E-state index in [2.05, 4.69) is 22.0 Å². The van der Waals surface area contributed by atoms with Crippen LogP contribution in [0.2, 0.25) is 0 Å². The van der Waals surface area contributed by atoms with Crippen LogP contribution in [0.15, 0.2) is 0 Å². The summed E-state index contributed by atoms with van der Waals surface area (Å²) >= 11 is 0. The quantitative estimate of drug-likeness (QED) is 0.296. The van der Waals surface area contributed by atoms with Gasteiger partial charge in [0.05, 0.1) is 21.0 Å². The number of hydrogen-bond donors (Lipinski definition) is 0. The molecule has 18 heteroatoms. The van der Waals surface area contributed by atoms with E-state index in [0.717, 1.165) is 0 Å². The summed E-state index contributed by atoms with van der Waals surface area (Å²) in [6, 6.07) is 0. The molecular formula is C4H10O13P4Ti. The summed E-state index contributed by atoms with van der Waals surface area (Å²) in [6.45, 7) is 1.91. The standard InChI is InChI=1S/C4H14O13P4.Ti/c1-3-13-21(12,14-4-2)17-20(10,11)16-19(8,9)15-18(5,6)7;/h3-4H2,1-2H3,(H,8,9)(H,10,11)(H2,5,6,7);/q;+4/p-4. The Balaban J connectivity index is 0. The molecule has 0 aromatic rings. The van der Waals surface area contributed by atoms with Crippen molar-refractivity contribution < 1.29 is 81.5 Å². The van der Waals surface area contributed by atoms with Crippen LogP contribution in [0.25, 0.3) is 0 Å². The molecular weight excluding hydrogens is 428 g/mol. The summed E-state index contributed by atoms with van der Waals surface area (Å²) in [5.41, 5.74) is 0. The van der Waals surface area contributed by atoms with E-state index in [4.69, 9.17) is 0 Å². The molecule has 0 spiro atoms. The Morgan fingerprint density at radius 2 is 1.09 bits per heavy atom. The number of rotatable bonds is 10. The van der Waals surface area contributed by atoms with E-state index in [-0.39, 0.29) is 34.9 Å². The van der Waals surface area contributed by atoms with Gasteiger partial charge in [-0.05, 0) is 13.8 Å². The van der Waals surface area contributed by atoms with Gasteiger partial charge >= 0.3 is 29.5 Å². The molecule has 22 heavy (non-hydrogen) atoms. The van der Waals surface area contributed by atoms with Crippen molar-refractivity contribution in [2.45, 2.75) is 13.8 Å². The smallest absolute Gasteiger partial charge is 0.790 e. The van der Waals surface area contributed by atoms with Crippen molar-refractivity contribution in [1.82, 2.24) is 0 Å². The number of phosphoric ester groups is 1. The van der Waals surface area contributed by atoms with Crippen LogP contribution in [0.1, 0.15) is 13.8 Å². The Kier molecular flexibility index (Phi) is 11.2. The minimum Gasteiger partial charge on any atom is -0.790 e. The van der Waals surface area contributed by atoms with Gasteiger partial charge in [-0.15, -0.1) is 0 Å². The molecule has 2 atom stereocenters. The van der Waals surface area contributed by atoms with Crippen molar-refractivity contribution in [3.05, 3.63) is 0 Å². The molecule has 0 radical (unpaired) electrons. The van der Waals surface area contributed by atoms with Crippen molar-refractivity contribution in [3.8, 4) is 0 Å². The van der Waals surface area contributed by atoms with Gasteiger partial charge in [-0.1, -0.05) is 0 Å². The second-order valence-electron chi connectivity index (χ2n) is 2.87. The predicted octanol–water partition coefficient (Wildman–Crippen LogP) is -1.02. The first kappa shape index (κ1) is 25.5. The van der Waals surface area contributed by atoms with Gasteiger partial charge in [0.15, 0.2) is 0 Å². The first-order valence-electron chi connectivity index (χ1n) is 4.91. The molecule has 2 unspecified atom stereocenters. The monoisotopic (exact) mass is 438 g/mol. The fourth-order valence-electron chi connectivity index (χ4n) is 0.798. The number of phosphoric acid groups is 4. The average Bonchev–Trinajstić information content (AvgIpc) is 2.08.